The normalized spacial score (nSPS) is 15.5. The first kappa shape index (κ1) is 32.6. The van der Waals surface area contributed by atoms with E-state index in [0.29, 0.717) is 30.9 Å². The lowest BCUT2D eigenvalue weighted by atomic mass is 9.91. The van der Waals surface area contributed by atoms with Crippen LogP contribution in [0.1, 0.15) is 63.0 Å². The molecule has 0 bridgehead atoms. The zero-order valence-corrected chi connectivity index (χ0v) is 24.8. The smallest absolute Gasteiger partial charge is 0.199 e. The van der Waals surface area contributed by atoms with Gasteiger partial charge < -0.3 is 20.8 Å². The summed E-state index contributed by atoms with van der Waals surface area (Å²) in [7, 11) is 0. The predicted octanol–water partition coefficient (Wildman–Crippen LogP) is 4.81. The molecule has 2 aromatic rings. The van der Waals surface area contributed by atoms with Gasteiger partial charge in [0.15, 0.2) is 5.78 Å². The number of halogens is 4. The number of carbonyl (C=O) groups excluding carboxylic acids is 1. The monoisotopic (exact) mass is 581 g/mol. The zero-order chi connectivity index (χ0) is 30.7. The van der Waals surface area contributed by atoms with Gasteiger partial charge in [0, 0.05) is 61.4 Å². The maximum absolute atomic E-state index is 15.2. The molecule has 11 heteroatoms. The number of carbonyl (C=O) groups is 1. The fourth-order valence-corrected chi connectivity index (χ4v) is 4.69. The van der Waals surface area contributed by atoms with E-state index in [9.17, 15) is 13.6 Å². The molecule has 1 saturated heterocycles. The Bertz CT molecular complexity index is 1200. The van der Waals surface area contributed by atoms with Crippen molar-refractivity contribution in [3.05, 3.63) is 52.6 Å². The molecule has 0 saturated carbocycles. The van der Waals surface area contributed by atoms with Gasteiger partial charge in [0.2, 0.25) is 0 Å². The minimum absolute atomic E-state index is 0.0217. The minimum atomic E-state index is -1.47. The van der Waals surface area contributed by atoms with Gasteiger partial charge in [0.25, 0.3) is 0 Å². The minimum Gasteiger partial charge on any atom is -0.492 e. The van der Waals surface area contributed by atoms with E-state index < -0.39 is 34.2 Å². The quantitative estimate of drug-likeness (QED) is 0.103. The molecule has 0 aliphatic carbocycles. The highest BCUT2D eigenvalue weighted by Gasteiger charge is 2.29. The summed E-state index contributed by atoms with van der Waals surface area (Å²) in [6, 6.07) is 4.64. The van der Waals surface area contributed by atoms with Crippen molar-refractivity contribution >= 4 is 17.2 Å². The van der Waals surface area contributed by atoms with Crippen LogP contribution in [0, 0.1) is 17.6 Å². The lowest BCUT2D eigenvalue weighted by Gasteiger charge is -2.37. The Hall–Kier alpha value is -2.89. The number of benzene rings is 2. The van der Waals surface area contributed by atoms with Crippen LogP contribution < -0.4 is 26.6 Å². The topological polar surface area (TPSA) is 96.8 Å². The molecule has 1 fully saturated rings. The van der Waals surface area contributed by atoms with Crippen LogP contribution in [0.2, 0.25) is 0 Å². The molecule has 0 radical (unpaired) electrons. The summed E-state index contributed by atoms with van der Waals surface area (Å²) in [5.74, 6) is 3.28. The summed E-state index contributed by atoms with van der Waals surface area (Å²) in [5.41, 5.74) is 4.84. The molecular weight excluding hydrogens is 538 g/mol. The molecule has 1 unspecified atom stereocenters. The van der Waals surface area contributed by atoms with Crippen molar-refractivity contribution in [3.63, 3.8) is 0 Å². The average molecular weight is 582 g/mol. The van der Waals surface area contributed by atoms with Crippen LogP contribution >= 0.6 is 0 Å². The fourth-order valence-electron chi connectivity index (χ4n) is 4.69. The number of nitrogens with one attached hydrogen (secondary N) is 1. The second kappa shape index (κ2) is 13.0. The number of ether oxygens (including phenoxy) is 1. The van der Waals surface area contributed by atoms with Gasteiger partial charge in [-0.05, 0) is 65.7 Å². The van der Waals surface area contributed by atoms with Gasteiger partial charge in [-0.2, -0.15) is 0 Å². The molecule has 228 valence electrons. The number of nitrogens with zero attached hydrogens (tertiary/aromatic N) is 2. The number of likely N-dealkylation sites (tertiary alicyclic amines) is 1. The number of hydrogen-bond donors (Lipinski definition) is 3. The first-order chi connectivity index (χ1) is 19.0. The molecule has 0 aromatic heterocycles. The summed E-state index contributed by atoms with van der Waals surface area (Å²) in [5, 5.41) is 4.55. The van der Waals surface area contributed by atoms with Crippen molar-refractivity contribution in [2.45, 2.75) is 65.2 Å². The van der Waals surface area contributed by atoms with E-state index in [-0.39, 0.29) is 55.2 Å². The Morgan fingerprint density at radius 2 is 1.78 bits per heavy atom. The molecule has 5 N–H and O–H groups in total. The molecule has 7 nitrogen and oxygen atoms in total. The number of hydrazine groups is 1. The number of rotatable bonds is 13. The molecule has 1 heterocycles. The Kier molecular flexibility index (Phi) is 10.3. The molecular formula is C30H43F4N5O2. The van der Waals surface area contributed by atoms with Crippen molar-refractivity contribution < 1.29 is 27.1 Å². The van der Waals surface area contributed by atoms with E-state index in [2.05, 4.69) is 5.32 Å². The van der Waals surface area contributed by atoms with Gasteiger partial charge in [-0.1, -0.05) is 0 Å². The van der Waals surface area contributed by atoms with Crippen LogP contribution in [0.25, 0.3) is 0 Å². The van der Waals surface area contributed by atoms with Crippen molar-refractivity contribution in [2.24, 2.45) is 11.8 Å². The molecule has 41 heavy (non-hydrogen) atoms. The van der Waals surface area contributed by atoms with Gasteiger partial charge in [0.05, 0.1) is 23.6 Å². The van der Waals surface area contributed by atoms with Crippen molar-refractivity contribution in [3.8, 4) is 5.75 Å². The van der Waals surface area contributed by atoms with Crippen LogP contribution in [0.3, 0.4) is 0 Å². The Morgan fingerprint density at radius 3 is 2.32 bits per heavy atom. The van der Waals surface area contributed by atoms with Crippen LogP contribution in [0.5, 0.6) is 5.75 Å². The average Bonchev–Trinajstić information content (AvgIpc) is 2.83. The summed E-state index contributed by atoms with van der Waals surface area (Å²) in [4.78, 5) is 15.6. The molecule has 0 spiro atoms. The molecule has 3 rings (SSSR count). The van der Waals surface area contributed by atoms with Crippen molar-refractivity contribution in [1.29, 1.82) is 0 Å². The maximum atomic E-state index is 15.2. The number of hydrogen-bond acceptors (Lipinski definition) is 7. The molecule has 1 aliphatic rings. The number of anilines is 2. The second-order valence-corrected chi connectivity index (χ2v) is 12.5. The van der Waals surface area contributed by atoms with Gasteiger partial charge in [-0.15, -0.1) is 0 Å². The van der Waals surface area contributed by atoms with Crippen molar-refractivity contribution in [1.82, 2.24) is 10.2 Å². The summed E-state index contributed by atoms with van der Waals surface area (Å²) in [6.45, 7) is 11.9. The Morgan fingerprint density at radius 1 is 1.17 bits per heavy atom. The van der Waals surface area contributed by atoms with E-state index in [1.54, 1.807) is 13.0 Å². The van der Waals surface area contributed by atoms with Crippen LogP contribution in [-0.2, 0) is 6.42 Å². The highest BCUT2D eigenvalue weighted by atomic mass is 19.1. The van der Waals surface area contributed by atoms with E-state index in [1.807, 2.05) is 25.7 Å². The van der Waals surface area contributed by atoms with Crippen LogP contribution in [0.15, 0.2) is 24.3 Å². The summed E-state index contributed by atoms with van der Waals surface area (Å²) in [6.07, 6.45) is 0.180. The SMILES string of the molecule is CC(Cc1c(C(=O)c2c(F)cc(OCCN3CC(CF)C3)cc2F)ccc(N(N)C(C)(C)C)c1N)NCC(C)(C)F. The molecule has 1 atom stereocenters. The van der Waals surface area contributed by atoms with E-state index in [1.165, 1.54) is 24.9 Å². The number of nitrogens with two attached hydrogens (primary N) is 2. The molecule has 2 aromatic carbocycles. The highest BCUT2D eigenvalue weighted by Crippen LogP contribution is 2.34. The van der Waals surface area contributed by atoms with Gasteiger partial charge in [0.1, 0.15) is 29.7 Å². The number of ketones is 1. The van der Waals surface area contributed by atoms with Crippen LogP contribution in [0.4, 0.5) is 28.9 Å². The second-order valence-electron chi connectivity index (χ2n) is 12.5. The summed E-state index contributed by atoms with van der Waals surface area (Å²) < 4.78 is 62.6. The lowest BCUT2D eigenvalue weighted by molar-refractivity contribution is 0.0667. The van der Waals surface area contributed by atoms with E-state index in [0.717, 1.165) is 12.1 Å². The zero-order valence-electron chi connectivity index (χ0n) is 24.8. The standard InChI is InChI=1S/C30H43F4N5O2/c1-18(37-17-30(5,6)34)11-22-21(7-8-25(27(22)35)39(36)29(2,3)4)28(40)26-23(32)12-20(13-24(26)33)41-10-9-38-15-19(14-31)16-38/h7-8,12-13,18-19,37H,9-11,14-17,35-36H2,1-6H3. The van der Waals surface area contributed by atoms with Crippen LogP contribution in [-0.4, -0.2) is 67.4 Å². The van der Waals surface area contributed by atoms with Gasteiger partial charge in [-0.25, -0.2) is 19.0 Å². The highest BCUT2D eigenvalue weighted by molar-refractivity contribution is 6.11. The molecule has 0 amide bonds. The maximum Gasteiger partial charge on any atom is 0.199 e. The third kappa shape index (κ3) is 8.33. The Labute approximate surface area is 240 Å². The summed E-state index contributed by atoms with van der Waals surface area (Å²) >= 11 is 0. The van der Waals surface area contributed by atoms with Gasteiger partial charge in [-0.3, -0.25) is 14.1 Å². The Balaban J connectivity index is 1.89. The third-order valence-electron chi connectivity index (χ3n) is 7.11. The first-order valence-corrected chi connectivity index (χ1v) is 13.8. The van der Waals surface area contributed by atoms with Crippen molar-refractivity contribution in [2.75, 3.05) is 50.2 Å². The predicted molar refractivity (Wildman–Crippen MR) is 155 cm³/mol. The van der Waals surface area contributed by atoms with Gasteiger partial charge >= 0.3 is 0 Å². The van der Waals surface area contributed by atoms with E-state index >= 15 is 8.78 Å². The lowest BCUT2D eigenvalue weighted by Crippen LogP contribution is -2.49. The third-order valence-corrected chi connectivity index (χ3v) is 7.11. The first-order valence-electron chi connectivity index (χ1n) is 13.8. The fraction of sp³-hybridized carbons (Fsp3) is 0.567. The van der Waals surface area contributed by atoms with E-state index in [4.69, 9.17) is 16.3 Å². The number of nitrogen functional groups attached to an aromatic ring is 1. The number of alkyl halides is 2. The largest absolute Gasteiger partial charge is 0.492 e. The molecule has 1 aliphatic heterocycles.